The maximum absolute atomic E-state index is 13.5. The summed E-state index contributed by atoms with van der Waals surface area (Å²) in [5.74, 6) is 1.35. The molecule has 0 N–H and O–H groups in total. The molecular formula is C22H25F3N4O2. The third-order valence-corrected chi connectivity index (χ3v) is 5.48. The van der Waals surface area contributed by atoms with E-state index in [0.717, 1.165) is 35.5 Å². The van der Waals surface area contributed by atoms with E-state index in [4.69, 9.17) is 9.47 Å². The van der Waals surface area contributed by atoms with Gasteiger partial charge in [-0.05, 0) is 57.0 Å². The number of nitrogens with zero attached hydrogens (tertiary/aromatic N) is 4. The van der Waals surface area contributed by atoms with Gasteiger partial charge in [0.1, 0.15) is 5.69 Å². The summed E-state index contributed by atoms with van der Waals surface area (Å²) < 4.78 is 52.4. The first-order chi connectivity index (χ1) is 14.8. The van der Waals surface area contributed by atoms with Crippen LogP contribution in [0.5, 0.6) is 11.5 Å². The Labute approximate surface area is 178 Å². The fourth-order valence-corrected chi connectivity index (χ4v) is 4.16. The van der Waals surface area contributed by atoms with Gasteiger partial charge in [0.25, 0.3) is 0 Å². The summed E-state index contributed by atoms with van der Waals surface area (Å²) in [6.45, 7) is 5.48. The Morgan fingerprint density at radius 1 is 1.16 bits per heavy atom. The highest BCUT2D eigenvalue weighted by Crippen LogP contribution is 2.36. The van der Waals surface area contributed by atoms with Crippen LogP contribution in [-0.2, 0) is 12.7 Å². The van der Waals surface area contributed by atoms with E-state index in [9.17, 15) is 13.2 Å². The number of methoxy groups -OCH3 is 1. The maximum Gasteiger partial charge on any atom is 0.433 e. The molecule has 2 aromatic heterocycles. The van der Waals surface area contributed by atoms with Crippen molar-refractivity contribution in [2.75, 3.05) is 20.3 Å². The number of halogens is 3. The second-order valence-electron chi connectivity index (χ2n) is 7.67. The minimum absolute atomic E-state index is 0.0688. The number of alkyl halides is 3. The van der Waals surface area contributed by atoms with Crippen LogP contribution in [0.1, 0.15) is 48.5 Å². The fourth-order valence-electron chi connectivity index (χ4n) is 4.16. The zero-order chi connectivity index (χ0) is 22.2. The van der Waals surface area contributed by atoms with Gasteiger partial charge in [0.2, 0.25) is 0 Å². The van der Waals surface area contributed by atoms with E-state index in [2.05, 4.69) is 15.0 Å². The SMILES string of the molecule is CCOc1cc(CN2CCC[C@@H]2c2cc3nc(C)cc(C(F)(F)F)n3n2)ccc1OC. The average molecular weight is 434 g/mol. The van der Waals surface area contributed by atoms with Crippen molar-refractivity contribution in [3.8, 4) is 11.5 Å². The smallest absolute Gasteiger partial charge is 0.433 e. The Morgan fingerprint density at radius 3 is 2.68 bits per heavy atom. The molecule has 1 fully saturated rings. The topological polar surface area (TPSA) is 51.9 Å². The molecule has 1 aliphatic rings. The van der Waals surface area contributed by atoms with Crippen molar-refractivity contribution in [1.29, 1.82) is 0 Å². The molecule has 1 aliphatic heterocycles. The van der Waals surface area contributed by atoms with Crippen molar-refractivity contribution in [3.05, 3.63) is 53.0 Å². The molecule has 0 amide bonds. The number of likely N-dealkylation sites (tertiary alicyclic amines) is 1. The van der Waals surface area contributed by atoms with E-state index < -0.39 is 11.9 Å². The Bertz CT molecular complexity index is 1080. The largest absolute Gasteiger partial charge is 0.493 e. The molecule has 3 heterocycles. The van der Waals surface area contributed by atoms with Crippen molar-refractivity contribution in [2.45, 2.75) is 45.5 Å². The van der Waals surface area contributed by atoms with Gasteiger partial charge in [-0.2, -0.15) is 18.3 Å². The summed E-state index contributed by atoms with van der Waals surface area (Å²) in [7, 11) is 1.60. The lowest BCUT2D eigenvalue weighted by molar-refractivity contribution is -0.142. The van der Waals surface area contributed by atoms with Crippen LogP contribution in [0.2, 0.25) is 0 Å². The predicted octanol–water partition coefficient (Wildman–Crippen LogP) is 4.80. The van der Waals surface area contributed by atoms with Crippen LogP contribution in [0.3, 0.4) is 0 Å². The average Bonchev–Trinajstić information content (AvgIpc) is 3.33. The molecule has 0 unspecified atom stereocenters. The van der Waals surface area contributed by atoms with Gasteiger partial charge in [0, 0.05) is 18.3 Å². The molecule has 0 saturated carbocycles. The zero-order valence-electron chi connectivity index (χ0n) is 17.7. The number of hydrogen-bond donors (Lipinski definition) is 0. The second-order valence-corrected chi connectivity index (χ2v) is 7.67. The summed E-state index contributed by atoms with van der Waals surface area (Å²) >= 11 is 0. The molecule has 6 nitrogen and oxygen atoms in total. The van der Waals surface area contributed by atoms with Crippen LogP contribution in [0.15, 0.2) is 30.3 Å². The van der Waals surface area contributed by atoms with Gasteiger partial charge in [-0.1, -0.05) is 6.07 Å². The van der Waals surface area contributed by atoms with Gasteiger partial charge in [0.05, 0.1) is 25.5 Å². The lowest BCUT2D eigenvalue weighted by Crippen LogP contribution is -2.23. The lowest BCUT2D eigenvalue weighted by atomic mass is 10.1. The van der Waals surface area contributed by atoms with Crippen molar-refractivity contribution in [2.24, 2.45) is 0 Å². The van der Waals surface area contributed by atoms with Crippen LogP contribution in [0.25, 0.3) is 5.65 Å². The minimum atomic E-state index is -4.50. The lowest BCUT2D eigenvalue weighted by Gasteiger charge is -2.23. The van der Waals surface area contributed by atoms with E-state index in [1.807, 2.05) is 25.1 Å². The van der Waals surface area contributed by atoms with Crippen molar-refractivity contribution >= 4 is 5.65 Å². The Morgan fingerprint density at radius 2 is 1.97 bits per heavy atom. The predicted molar refractivity (Wildman–Crippen MR) is 109 cm³/mol. The van der Waals surface area contributed by atoms with Gasteiger partial charge in [-0.25, -0.2) is 9.50 Å². The number of hydrogen-bond acceptors (Lipinski definition) is 5. The van der Waals surface area contributed by atoms with Crippen molar-refractivity contribution < 1.29 is 22.6 Å². The summed E-state index contributed by atoms with van der Waals surface area (Å²) in [5.41, 5.74) is 1.39. The minimum Gasteiger partial charge on any atom is -0.493 e. The summed E-state index contributed by atoms with van der Waals surface area (Å²) in [6, 6.07) is 8.44. The first-order valence-electron chi connectivity index (χ1n) is 10.3. The summed E-state index contributed by atoms with van der Waals surface area (Å²) in [4.78, 5) is 6.49. The van der Waals surface area contributed by atoms with Gasteiger partial charge >= 0.3 is 6.18 Å². The quantitative estimate of drug-likeness (QED) is 0.558. The fraction of sp³-hybridized carbons (Fsp3) is 0.455. The van der Waals surface area contributed by atoms with E-state index in [0.29, 0.717) is 36.0 Å². The highest BCUT2D eigenvalue weighted by Gasteiger charge is 2.36. The molecule has 0 aliphatic carbocycles. The van der Waals surface area contributed by atoms with Crippen LogP contribution in [0, 0.1) is 6.92 Å². The number of fused-ring (bicyclic) bond motifs is 1. The number of aryl methyl sites for hydroxylation is 1. The van der Waals surface area contributed by atoms with E-state index in [1.165, 1.54) is 0 Å². The molecule has 166 valence electrons. The highest BCUT2D eigenvalue weighted by molar-refractivity contribution is 5.44. The number of benzene rings is 1. The number of aromatic nitrogens is 3. The van der Waals surface area contributed by atoms with E-state index >= 15 is 0 Å². The molecule has 1 atom stereocenters. The van der Waals surface area contributed by atoms with E-state index in [1.54, 1.807) is 20.1 Å². The Balaban J connectivity index is 1.63. The van der Waals surface area contributed by atoms with Crippen LogP contribution in [-0.4, -0.2) is 39.8 Å². The normalized spacial score (nSPS) is 17.4. The van der Waals surface area contributed by atoms with E-state index in [-0.39, 0.29) is 11.7 Å². The van der Waals surface area contributed by atoms with Crippen LogP contribution < -0.4 is 9.47 Å². The first kappa shape index (κ1) is 21.4. The standard InChI is InChI=1S/C22H25F3N4O2/c1-4-31-19-11-15(7-8-18(19)30-3)13-28-9-5-6-17(28)16-12-21-26-14(2)10-20(22(23,24)25)29(21)27-16/h7-8,10-12,17H,4-6,9,13H2,1-3H3/t17-/m1/s1. The summed E-state index contributed by atoms with van der Waals surface area (Å²) in [6.07, 6.45) is -2.71. The van der Waals surface area contributed by atoms with Gasteiger partial charge < -0.3 is 9.47 Å². The molecule has 1 aromatic carbocycles. The van der Waals surface area contributed by atoms with Gasteiger partial charge in [-0.3, -0.25) is 4.90 Å². The van der Waals surface area contributed by atoms with Crippen molar-refractivity contribution in [1.82, 2.24) is 19.5 Å². The third kappa shape index (κ3) is 4.32. The van der Waals surface area contributed by atoms with Crippen molar-refractivity contribution in [3.63, 3.8) is 0 Å². The highest BCUT2D eigenvalue weighted by atomic mass is 19.4. The van der Waals surface area contributed by atoms with Crippen LogP contribution >= 0.6 is 0 Å². The maximum atomic E-state index is 13.5. The number of rotatable bonds is 6. The molecule has 9 heteroatoms. The molecule has 4 rings (SSSR count). The molecule has 0 radical (unpaired) electrons. The molecule has 3 aromatic rings. The Hall–Kier alpha value is -2.81. The molecule has 31 heavy (non-hydrogen) atoms. The molecular weight excluding hydrogens is 409 g/mol. The van der Waals surface area contributed by atoms with Gasteiger partial charge in [-0.15, -0.1) is 0 Å². The molecule has 0 bridgehead atoms. The zero-order valence-corrected chi connectivity index (χ0v) is 17.7. The summed E-state index contributed by atoms with van der Waals surface area (Å²) in [5, 5.41) is 4.32. The molecule has 1 saturated heterocycles. The Kier molecular flexibility index (Phi) is 5.79. The first-order valence-corrected chi connectivity index (χ1v) is 10.3. The molecule has 0 spiro atoms. The van der Waals surface area contributed by atoms with Gasteiger partial charge in [0.15, 0.2) is 17.1 Å². The number of ether oxygens (including phenoxy) is 2. The third-order valence-electron chi connectivity index (χ3n) is 5.48. The second kappa shape index (κ2) is 8.37. The monoisotopic (exact) mass is 434 g/mol. The van der Waals surface area contributed by atoms with Crippen LogP contribution in [0.4, 0.5) is 13.2 Å².